The monoisotopic (exact) mass is 652 g/mol. The van der Waals surface area contributed by atoms with Crippen molar-refractivity contribution in [3.05, 3.63) is 11.6 Å². The van der Waals surface area contributed by atoms with Gasteiger partial charge >= 0.3 is 5.97 Å². The van der Waals surface area contributed by atoms with Gasteiger partial charge in [0.25, 0.3) is 0 Å². The van der Waals surface area contributed by atoms with Crippen molar-refractivity contribution in [1.29, 1.82) is 0 Å². The highest BCUT2D eigenvalue weighted by Gasteiger charge is 2.65. The van der Waals surface area contributed by atoms with E-state index in [0.717, 1.165) is 56.9 Å². The standard InChI is InChI=1S/C34H56N2O10/c1-16-21(8-12-33(5)22(9-13-34(16,33)41)19-14-23(37)42-15-19)32(4)10-6-20(7-11-32)45-31-28(40)29(25(36)18(3)44-31)46-30-27(39)26(38)24(35)17(2)43-30/h14,16-18,20-22,24-31,38-41H,6-13,15,35-36H2,1-5H3/t16-,17?,18?,20?,21?,22-,24?,25?,26+,27+,28+,29+,30?,31?,32?,33?,34+/m1/s1. The van der Waals surface area contributed by atoms with Gasteiger partial charge in [-0.3, -0.25) is 0 Å². The highest BCUT2D eigenvalue weighted by molar-refractivity contribution is 5.85. The number of carbonyl (C=O) groups is 1. The molecular weight excluding hydrogens is 596 g/mol. The zero-order valence-electron chi connectivity index (χ0n) is 27.9. The highest BCUT2D eigenvalue weighted by atomic mass is 16.7. The molecule has 0 aromatic heterocycles. The van der Waals surface area contributed by atoms with Crippen molar-refractivity contribution >= 4 is 5.97 Å². The third kappa shape index (κ3) is 5.68. The van der Waals surface area contributed by atoms with Crippen LogP contribution in [0.2, 0.25) is 0 Å². The summed E-state index contributed by atoms with van der Waals surface area (Å²) in [6.45, 7) is 10.6. The van der Waals surface area contributed by atoms with E-state index >= 15 is 0 Å². The van der Waals surface area contributed by atoms with E-state index < -0.39 is 66.9 Å². The van der Waals surface area contributed by atoms with Gasteiger partial charge in [-0.2, -0.15) is 0 Å². The van der Waals surface area contributed by atoms with Crippen LogP contribution in [-0.4, -0.2) is 106 Å². The third-order valence-electron chi connectivity index (χ3n) is 13.4. The number of aliphatic hydroxyl groups is 4. The van der Waals surface area contributed by atoms with Crippen LogP contribution in [0.3, 0.4) is 0 Å². The summed E-state index contributed by atoms with van der Waals surface area (Å²) in [6, 6.07) is -1.49. The van der Waals surface area contributed by atoms with Crippen molar-refractivity contribution in [2.75, 3.05) is 6.61 Å². The lowest BCUT2D eigenvalue weighted by Crippen LogP contribution is -2.66. The van der Waals surface area contributed by atoms with Gasteiger partial charge in [0.2, 0.25) is 0 Å². The Bertz CT molecular complexity index is 1160. The molecule has 15 atom stereocenters. The Hall–Kier alpha value is -1.19. The summed E-state index contributed by atoms with van der Waals surface area (Å²) in [5.74, 6) is 0.342. The molecule has 3 aliphatic carbocycles. The van der Waals surface area contributed by atoms with Crippen LogP contribution in [0.15, 0.2) is 11.6 Å². The first-order chi connectivity index (χ1) is 21.6. The quantitative estimate of drug-likeness (QED) is 0.225. The Labute approximate surface area is 272 Å². The summed E-state index contributed by atoms with van der Waals surface area (Å²) in [5.41, 5.74) is 12.3. The lowest BCUT2D eigenvalue weighted by Gasteiger charge is -2.58. The minimum atomic E-state index is -1.40. The molecule has 0 radical (unpaired) electrons. The minimum Gasteiger partial charge on any atom is -0.458 e. The molecule has 6 aliphatic rings. The van der Waals surface area contributed by atoms with Gasteiger partial charge in [0.1, 0.15) is 31.0 Å². The molecule has 5 fully saturated rings. The fourth-order valence-electron chi connectivity index (χ4n) is 10.2. The van der Waals surface area contributed by atoms with Gasteiger partial charge in [-0.15, -0.1) is 0 Å². The lowest BCUT2D eigenvalue weighted by molar-refractivity contribution is -0.336. The number of hydrogen-bond acceptors (Lipinski definition) is 12. The number of hydrogen-bond donors (Lipinski definition) is 6. The van der Waals surface area contributed by atoms with Crippen LogP contribution in [0.25, 0.3) is 0 Å². The average Bonchev–Trinajstić information content (AvgIpc) is 3.56. The van der Waals surface area contributed by atoms with Gasteiger partial charge < -0.3 is 55.6 Å². The first kappa shape index (κ1) is 34.7. The molecule has 8 N–H and O–H groups in total. The molecule has 0 amide bonds. The van der Waals surface area contributed by atoms with E-state index in [4.69, 9.17) is 35.2 Å². The van der Waals surface area contributed by atoms with Gasteiger partial charge in [-0.05, 0) is 94.0 Å². The predicted octanol–water partition coefficient (Wildman–Crippen LogP) is 1.24. The number of rotatable bonds is 6. The minimum absolute atomic E-state index is 0.0281. The molecule has 2 saturated heterocycles. The molecule has 3 aliphatic heterocycles. The molecule has 8 unspecified atom stereocenters. The predicted molar refractivity (Wildman–Crippen MR) is 166 cm³/mol. The number of carbonyl (C=O) groups excluding carboxylic acids is 1. The zero-order chi connectivity index (χ0) is 33.3. The zero-order valence-corrected chi connectivity index (χ0v) is 27.9. The first-order valence-corrected chi connectivity index (χ1v) is 17.4. The molecule has 262 valence electrons. The Morgan fingerprint density at radius 1 is 0.826 bits per heavy atom. The van der Waals surface area contributed by atoms with Crippen LogP contribution in [0.1, 0.15) is 86.0 Å². The molecule has 12 heteroatoms. The van der Waals surface area contributed by atoms with Crippen molar-refractivity contribution in [3.8, 4) is 0 Å². The summed E-state index contributed by atoms with van der Waals surface area (Å²) < 4.78 is 29.4. The van der Waals surface area contributed by atoms with Crippen molar-refractivity contribution in [1.82, 2.24) is 0 Å². The van der Waals surface area contributed by atoms with E-state index in [-0.39, 0.29) is 34.7 Å². The van der Waals surface area contributed by atoms with Gasteiger partial charge in [0, 0.05) is 11.5 Å². The van der Waals surface area contributed by atoms with E-state index in [2.05, 4.69) is 20.8 Å². The molecule has 0 aromatic carbocycles. The van der Waals surface area contributed by atoms with Crippen LogP contribution >= 0.6 is 0 Å². The summed E-state index contributed by atoms with van der Waals surface area (Å²) >= 11 is 0. The maximum Gasteiger partial charge on any atom is 0.331 e. The van der Waals surface area contributed by atoms with Crippen molar-refractivity contribution in [3.63, 3.8) is 0 Å². The number of ether oxygens (including phenoxy) is 5. The first-order valence-electron chi connectivity index (χ1n) is 17.4. The highest BCUT2D eigenvalue weighted by Crippen LogP contribution is 2.66. The molecular formula is C34H56N2O10. The largest absolute Gasteiger partial charge is 0.458 e. The molecule has 0 spiro atoms. The molecule has 0 aromatic rings. The Balaban J connectivity index is 1.07. The Kier molecular flexibility index (Phi) is 9.50. The van der Waals surface area contributed by atoms with Gasteiger partial charge in [0.05, 0.1) is 36.0 Å². The lowest BCUT2D eigenvalue weighted by atomic mass is 9.49. The summed E-state index contributed by atoms with van der Waals surface area (Å²) in [5, 5.41) is 44.5. The second-order valence-corrected chi connectivity index (χ2v) is 15.8. The second-order valence-electron chi connectivity index (χ2n) is 15.8. The topological polar surface area (TPSA) is 196 Å². The van der Waals surface area contributed by atoms with Gasteiger partial charge in [-0.25, -0.2) is 4.79 Å². The van der Waals surface area contributed by atoms with Crippen LogP contribution in [0, 0.1) is 28.6 Å². The van der Waals surface area contributed by atoms with Crippen LogP contribution in [-0.2, 0) is 28.5 Å². The average molecular weight is 653 g/mol. The number of esters is 1. The summed E-state index contributed by atoms with van der Waals surface area (Å²) in [4.78, 5) is 11.8. The maximum absolute atomic E-state index is 12.3. The normalized spacial score (nSPS) is 54.7. The molecule has 0 bridgehead atoms. The molecule has 12 nitrogen and oxygen atoms in total. The molecule has 46 heavy (non-hydrogen) atoms. The van der Waals surface area contributed by atoms with Crippen LogP contribution in [0.5, 0.6) is 0 Å². The summed E-state index contributed by atoms with van der Waals surface area (Å²) in [7, 11) is 0. The number of fused-ring (bicyclic) bond motifs is 1. The number of cyclic esters (lactones) is 1. The van der Waals surface area contributed by atoms with E-state index in [1.165, 1.54) is 0 Å². The Morgan fingerprint density at radius 2 is 1.46 bits per heavy atom. The maximum atomic E-state index is 12.3. The fraction of sp³-hybridized carbons (Fsp3) is 0.912. The molecule has 3 saturated carbocycles. The van der Waals surface area contributed by atoms with Crippen LogP contribution < -0.4 is 11.5 Å². The van der Waals surface area contributed by atoms with Crippen LogP contribution in [0.4, 0.5) is 0 Å². The second kappa shape index (κ2) is 12.6. The van der Waals surface area contributed by atoms with E-state index in [1.54, 1.807) is 19.9 Å². The number of aliphatic hydroxyl groups excluding tert-OH is 3. The van der Waals surface area contributed by atoms with Crippen molar-refractivity contribution in [2.45, 2.75) is 159 Å². The van der Waals surface area contributed by atoms with E-state index in [9.17, 15) is 25.2 Å². The van der Waals surface area contributed by atoms with Crippen molar-refractivity contribution < 1.29 is 48.9 Å². The fourth-order valence-corrected chi connectivity index (χ4v) is 10.2. The number of nitrogens with two attached hydrogens (primary N) is 2. The smallest absolute Gasteiger partial charge is 0.331 e. The van der Waals surface area contributed by atoms with Gasteiger partial charge in [-0.1, -0.05) is 20.8 Å². The van der Waals surface area contributed by atoms with E-state index in [0.29, 0.717) is 12.5 Å². The molecule has 3 heterocycles. The van der Waals surface area contributed by atoms with Gasteiger partial charge in [0.15, 0.2) is 12.6 Å². The van der Waals surface area contributed by atoms with E-state index in [1.807, 2.05) is 0 Å². The third-order valence-corrected chi connectivity index (χ3v) is 13.4. The van der Waals surface area contributed by atoms with Crippen molar-refractivity contribution in [2.24, 2.45) is 40.1 Å². The Morgan fingerprint density at radius 3 is 2.09 bits per heavy atom. The SMILES string of the molecule is CC1OC(O[C@H]2C(N)C(C)OC(OC3CCC(C)(C4CCC5(C)[C@@H](C6=CC(=O)OC6)CC[C@]5(O)[C@@H]4C)CC3)[C@H]2O)[C@@H](O)[C@@H](O)C1N. The molecule has 6 rings (SSSR count). The summed E-state index contributed by atoms with van der Waals surface area (Å²) in [6.07, 6.45) is 0.335.